The van der Waals surface area contributed by atoms with Crippen molar-refractivity contribution in [3.8, 4) is 0 Å². The first-order chi connectivity index (χ1) is 13.3. The van der Waals surface area contributed by atoms with Gasteiger partial charge in [-0.15, -0.1) is 0 Å². The van der Waals surface area contributed by atoms with E-state index in [9.17, 15) is 74.6 Å². The number of hydrogen-bond donors (Lipinski definition) is 1. The predicted molar refractivity (Wildman–Crippen MR) is 60.7 cm³/mol. The highest BCUT2D eigenvalue weighted by atomic mass is 19.4. The van der Waals surface area contributed by atoms with Gasteiger partial charge in [-0.2, -0.15) is 74.6 Å². The zero-order valence-corrected chi connectivity index (χ0v) is 13.8. The molecule has 1 aliphatic rings. The number of alkyl halides is 17. The van der Waals surface area contributed by atoms with Crippen LogP contribution in [0.2, 0.25) is 0 Å². The standard InChI is InChI=1S/C12H7F17O2/c13-5(14,3-1-2-31-4(3)30)6(15,16)7(17,18)8(19,20)9(21,22)10(23,24)11(25,26)12(27,28)29/h3-4,30H,1-2H2/t3-,4+/m1/s1. The molecule has 1 fully saturated rings. The second-order valence-corrected chi connectivity index (χ2v) is 6.22. The molecule has 0 amide bonds. The van der Waals surface area contributed by atoms with Crippen molar-refractivity contribution in [1.29, 1.82) is 0 Å². The zero-order valence-electron chi connectivity index (χ0n) is 13.8. The highest BCUT2D eigenvalue weighted by Crippen LogP contribution is 2.64. The molecule has 0 aromatic carbocycles. The van der Waals surface area contributed by atoms with Crippen LogP contribution in [-0.4, -0.2) is 65.6 Å². The summed E-state index contributed by atoms with van der Waals surface area (Å²) in [5.41, 5.74) is 0. The summed E-state index contributed by atoms with van der Waals surface area (Å²) < 4.78 is 226. The lowest BCUT2D eigenvalue weighted by molar-refractivity contribution is -0.464. The van der Waals surface area contributed by atoms with Crippen LogP contribution >= 0.6 is 0 Å². The Labute approximate surface area is 158 Å². The number of halogens is 17. The highest BCUT2D eigenvalue weighted by molar-refractivity contribution is 5.16. The Kier molecular flexibility index (Phi) is 6.37. The largest absolute Gasteiger partial charge is 0.460 e. The first-order valence-electron chi connectivity index (χ1n) is 7.28. The minimum absolute atomic E-state index is 1.08. The highest BCUT2D eigenvalue weighted by Gasteiger charge is 2.95. The fourth-order valence-corrected chi connectivity index (χ4v) is 2.34. The molecule has 2 nitrogen and oxygen atoms in total. The zero-order chi connectivity index (χ0) is 25.3. The SMILES string of the molecule is O[C@H]1OCC[C@H]1C(F)(F)C(F)(F)C(F)(F)C(F)(F)C(F)(F)C(F)(F)C(F)(F)C(F)(F)F. The van der Waals surface area contributed by atoms with Crippen LogP contribution in [0.25, 0.3) is 0 Å². The molecule has 2 atom stereocenters. The van der Waals surface area contributed by atoms with E-state index in [4.69, 9.17) is 5.11 Å². The molecule has 0 spiro atoms. The molecule has 0 aromatic heterocycles. The predicted octanol–water partition coefficient (Wildman–Crippen LogP) is 5.35. The van der Waals surface area contributed by atoms with Gasteiger partial charge in [0.1, 0.15) is 0 Å². The Hall–Kier alpha value is -1.27. The normalized spacial score (nSPS) is 23.4. The van der Waals surface area contributed by atoms with Gasteiger partial charge in [0, 0.05) is 0 Å². The summed E-state index contributed by atoms with van der Waals surface area (Å²) >= 11 is 0. The third-order valence-corrected chi connectivity index (χ3v) is 4.27. The second kappa shape index (κ2) is 7.11. The molecule has 0 aliphatic carbocycles. The molecule has 0 radical (unpaired) electrons. The lowest BCUT2D eigenvalue weighted by atomic mass is 9.84. The van der Waals surface area contributed by atoms with Crippen LogP contribution in [0.3, 0.4) is 0 Å². The van der Waals surface area contributed by atoms with Crippen molar-refractivity contribution < 1.29 is 84.5 Å². The Morgan fingerprint density at radius 2 is 0.839 bits per heavy atom. The summed E-state index contributed by atoms with van der Waals surface area (Å²) in [4.78, 5) is 0. The molecule has 1 saturated heterocycles. The number of aliphatic hydroxyl groups excluding tert-OH is 1. The van der Waals surface area contributed by atoms with Crippen LogP contribution in [0.1, 0.15) is 6.42 Å². The molecule has 31 heavy (non-hydrogen) atoms. The third-order valence-electron chi connectivity index (χ3n) is 4.27. The molecule has 1 heterocycles. The van der Waals surface area contributed by atoms with Crippen molar-refractivity contribution in [1.82, 2.24) is 0 Å². The second-order valence-electron chi connectivity index (χ2n) is 6.22. The third kappa shape index (κ3) is 3.40. The maximum atomic E-state index is 13.7. The molecule has 0 bridgehead atoms. The van der Waals surface area contributed by atoms with Gasteiger partial charge in [0.25, 0.3) is 0 Å². The smallest absolute Gasteiger partial charge is 0.367 e. The summed E-state index contributed by atoms with van der Waals surface area (Å²) in [5.74, 6) is -60.3. The van der Waals surface area contributed by atoms with E-state index in [0.717, 1.165) is 0 Å². The maximum Gasteiger partial charge on any atom is 0.460 e. The van der Waals surface area contributed by atoms with Crippen LogP contribution in [-0.2, 0) is 4.74 Å². The average molecular weight is 506 g/mol. The first-order valence-corrected chi connectivity index (χ1v) is 7.28. The van der Waals surface area contributed by atoms with Gasteiger partial charge in [-0.3, -0.25) is 0 Å². The van der Waals surface area contributed by atoms with Crippen molar-refractivity contribution in [3.05, 3.63) is 0 Å². The van der Waals surface area contributed by atoms with E-state index in [1.165, 1.54) is 0 Å². The van der Waals surface area contributed by atoms with Crippen LogP contribution in [0.5, 0.6) is 0 Å². The van der Waals surface area contributed by atoms with Gasteiger partial charge in [0.15, 0.2) is 6.29 Å². The maximum absolute atomic E-state index is 13.7. The molecular weight excluding hydrogens is 499 g/mol. The van der Waals surface area contributed by atoms with E-state index in [0.29, 0.717) is 0 Å². The molecule has 1 aliphatic heterocycles. The number of aliphatic hydroxyl groups is 1. The summed E-state index contributed by atoms with van der Waals surface area (Å²) in [6.07, 6.45) is -12.3. The van der Waals surface area contributed by atoms with Crippen molar-refractivity contribution in [2.45, 2.75) is 60.3 Å². The van der Waals surface area contributed by atoms with E-state index >= 15 is 0 Å². The van der Waals surface area contributed by atoms with Crippen molar-refractivity contribution in [2.24, 2.45) is 5.92 Å². The minimum atomic E-state index is -8.66. The Morgan fingerprint density at radius 1 is 0.516 bits per heavy atom. The lowest BCUT2D eigenvalue weighted by Gasteiger charge is -2.43. The minimum Gasteiger partial charge on any atom is -0.367 e. The Morgan fingerprint density at radius 3 is 1.13 bits per heavy atom. The molecule has 0 unspecified atom stereocenters. The average Bonchev–Trinajstić information content (AvgIpc) is 2.99. The van der Waals surface area contributed by atoms with Gasteiger partial charge in [-0.1, -0.05) is 0 Å². The number of rotatable bonds is 7. The monoisotopic (exact) mass is 506 g/mol. The molecule has 19 heteroatoms. The van der Waals surface area contributed by atoms with Crippen molar-refractivity contribution in [3.63, 3.8) is 0 Å². The van der Waals surface area contributed by atoms with E-state index in [1.807, 2.05) is 0 Å². The van der Waals surface area contributed by atoms with Gasteiger partial charge in [0.05, 0.1) is 12.5 Å². The van der Waals surface area contributed by atoms with Crippen molar-refractivity contribution in [2.75, 3.05) is 6.61 Å². The lowest BCUT2D eigenvalue weighted by Crippen LogP contribution is -2.75. The summed E-state index contributed by atoms with van der Waals surface area (Å²) in [6.45, 7) is -1.08. The quantitative estimate of drug-likeness (QED) is 0.472. The van der Waals surface area contributed by atoms with Crippen LogP contribution in [0.4, 0.5) is 74.6 Å². The van der Waals surface area contributed by atoms with E-state index in [-0.39, 0.29) is 0 Å². The number of ether oxygens (including phenoxy) is 1. The van der Waals surface area contributed by atoms with E-state index in [1.54, 1.807) is 0 Å². The molecule has 1 rings (SSSR count). The van der Waals surface area contributed by atoms with Gasteiger partial charge < -0.3 is 9.84 Å². The molecule has 1 N–H and O–H groups in total. The van der Waals surface area contributed by atoms with Crippen LogP contribution in [0, 0.1) is 5.92 Å². The fraction of sp³-hybridized carbons (Fsp3) is 1.00. The van der Waals surface area contributed by atoms with Gasteiger partial charge in [-0.25, -0.2) is 0 Å². The molecular formula is C12H7F17O2. The topological polar surface area (TPSA) is 29.5 Å². The first kappa shape index (κ1) is 27.8. The molecule has 0 aromatic rings. The van der Waals surface area contributed by atoms with Crippen molar-refractivity contribution >= 4 is 0 Å². The molecule has 186 valence electrons. The number of hydrogen-bond acceptors (Lipinski definition) is 2. The molecule has 0 saturated carbocycles. The van der Waals surface area contributed by atoms with Crippen LogP contribution in [0.15, 0.2) is 0 Å². The summed E-state index contributed by atoms with van der Waals surface area (Å²) in [6, 6.07) is 0. The van der Waals surface area contributed by atoms with E-state index < -0.39 is 72.9 Å². The van der Waals surface area contributed by atoms with Gasteiger partial charge >= 0.3 is 47.6 Å². The summed E-state index contributed by atoms with van der Waals surface area (Å²) in [5, 5.41) is 8.88. The van der Waals surface area contributed by atoms with Crippen LogP contribution < -0.4 is 0 Å². The van der Waals surface area contributed by atoms with Gasteiger partial charge in [-0.05, 0) is 6.42 Å². The van der Waals surface area contributed by atoms with E-state index in [2.05, 4.69) is 4.74 Å². The Bertz CT molecular complexity index is 667. The Balaban J connectivity index is 3.61. The summed E-state index contributed by atoms with van der Waals surface area (Å²) in [7, 11) is 0. The van der Waals surface area contributed by atoms with Gasteiger partial charge in [0.2, 0.25) is 0 Å². The fourth-order valence-electron chi connectivity index (χ4n) is 2.34.